The van der Waals surface area contributed by atoms with Crippen molar-refractivity contribution in [3.8, 4) is 0 Å². The molecule has 11 heteroatoms. The Balaban J connectivity index is 1.92. The number of sulfonamides is 1. The molecule has 3 rings (SSSR count). The molecule has 0 unspecified atom stereocenters. The Morgan fingerprint density at radius 1 is 1.11 bits per heavy atom. The maximum absolute atomic E-state index is 13.9. The molecule has 3 N–H and O–H groups in total. The minimum atomic E-state index is -3.59. The van der Waals surface area contributed by atoms with Gasteiger partial charge in [0.05, 0.1) is 24.3 Å². The third-order valence-electron chi connectivity index (χ3n) is 6.89. The number of rotatable bonds is 7. The van der Waals surface area contributed by atoms with Crippen molar-refractivity contribution in [1.29, 1.82) is 0 Å². The molecule has 3 amide bonds. The monoisotopic (exact) mass is 507 g/mol. The Labute approximate surface area is 207 Å². The van der Waals surface area contributed by atoms with Gasteiger partial charge in [-0.3, -0.25) is 14.4 Å². The summed E-state index contributed by atoms with van der Waals surface area (Å²) < 4.78 is 26.4. The van der Waals surface area contributed by atoms with Gasteiger partial charge in [0, 0.05) is 24.8 Å². The molecular formula is C24H37N5O5S. The number of nitrogens with one attached hydrogen (secondary N) is 3. The average molecular weight is 508 g/mol. The van der Waals surface area contributed by atoms with E-state index < -0.39 is 45.5 Å². The normalized spacial score (nSPS) is 24.5. The van der Waals surface area contributed by atoms with Crippen molar-refractivity contribution >= 4 is 33.4 Å². The number of likely N-dealkylation sites (N-methyl/N-ethyl adjacent to an activating group) is 1. The third kappa shape index (κ3) is 5.84. The van der Waals surface area contributed by atoms with Crippen LogP contribution >= 0.6 is 0 Å². The number of para-hydroxylation sites is 1. The molecule has 0 saturated carbocycles. The Bertz CT molecular complexity index is 1060. The lowest BCUT2D eigenvalue weighted by Gasteiger charge is -2.37. The number of nitrogens with zero attached hydrogens (tertiary/aromatic N) is 2. The molecule has 194 valence electrons. The van der Waals surface area contributed by atoms with E-state index in [2.05, 4.69) is 16.0 Å². The molecule has 35 heavy (non-hydrogen) atoms. The van der Waals surface area contributed by atoms with Gasteiger partial charge in [-0.2, -0.15) is 4.31 Å². The molecule has 2 heterocycles. The van der Waals surface area contributed by atoms with E-state index in [1.165, 1.54) is 4.31 Å². The number of anilines is 1. The van der Waals surface area contributed by atoms with Crippen molar-refractivity contribution in [2.75, 3.05) is 31.7 Å². The number of hydrogen-bond donors (Lipinski definition) is 3. The summed E-state index contributed by atoms with van der Waals surface area (Å²) in [4.78, 5) is 41.4. The number of hydrogen-bond acceptors (Lipinski definition) is 6. The lowest BCUT2D eigenvalue weighted by Crippen LogP contribution is -2.59. The van der Waals surface area contributed by atoms with Crippen molar-refractivity contribution in [3.63, 3.8) is 0 Å². The lowest BCUT2D eigenvalue weighted by atomic mass is 9.85. The summed E-state index contributed by atoms with van der Waals surface area (Å²) in [5.41, 5.74) is -0.00141. The number of amides is 3. The topological polar surface area (TPSA) is 128 Å². The highest BCUT2D eigenvalue weighted by atomic mass is 32.2. The van der Waals surface area contributed by atoms with Gasteiger partial charge in [-0.1, -0.05) is 39.0 Å². The van der Waals surface area contributed by atoms with Crippen LogP contribution in [0, 0.1) is 11.3 Å². The van der Waals surface area contributed by atoms with Gasteiger partial charge in [-0.15, -0.1) is 0 Å². The van der Waals surface area contributed by atoms with Crippen LogP contribution in [0.3, 0.4) is 0 Å². The van der Waals surface area contributed by atoms with Crippen LogP contribution in [0.2, 0.25) is 0 Å². The Morgan fingerprint density at radius 3 is 2.29 bits per heavy atom. The van der Waals surface area contributed by atoms with Crippen molar-refractivity contribution in [2.45, 2.75) is 58.3 Å². The second-order valence-electron chi connectivity index (χ2n) is 10.5. The van der Waals surface area contributed by atoms with Gasteiger partial charge in [0.1, 0.15) is 6.04 Å². The summed E-state index contributed by atoms with van der Waals surface area (Å²) >= 11 is 0. The van der Waals surface area contributed by atoms with Crippen molar-refractivity contribution in [3.05, 3.63) is 30.3 Å². The molecule has 0 aliphatic carbocycles. The summed E-state index contributed by atoms with van der Waals surface area (Å²) in [5, 5.41) is 8.60. The molecular weight excluding hydrogens is 470 g/mol. The van der Waals surface area contributed by atoms with E-state index in [4.69, 9.17) is 0 Å². The summed E-state index contributed by atoms with van der Waals surface area (Å²) in [6.45, 7) is 7.61. The van der Waals surface area contributed by atoms with Crippen LogP contribution in [0.15, 0.2) is 30.3 Å². The fourth-order valence-electron chi connectivity index (χ4n) is 4.88. The third-order valence-corrected chi connectivity index (χ3v) is 8.16. The first-order valence-electron chi connectivity index (χ1n) is 11.9. The van der Waals surface area contributed by atoms with E-state index in [1.54, 1.807) is 43.1 Å². The summed E-state index contributed by atoms with van der Waals surface area (Å²) in [6.07, 6.45) is 1.56. The first kappa shape index (κ1) is 27.1. The molecule has 0 aromatic heterocycles. The minimum absolute atomic E-state index is 0.0000536. The smallest absolute Gasteiger partial charge is 0.246 e. The van der Waals surface area contributed by atoms with E-state index >= 15 is 0 Å². The van der Waals surface area contributed by atoms with Gasteiger partial charge in [0.2, 0.25) is 27.7 Å². The van der Waals surface area contributed by atoms with Crippen LogP contribution in [0.1, 0.15) is 34.1 Å². The van der Waals surface area contributed by atoms with Gasteiger partial charge in [0.25, 0.3) is 0 Å². The number of carbonyl (C=O) groups is 3. The molecule has 2 aliphatic rings. The zero-order valence-corrected chi connectivity index (χ0v) is 22.1. The molecule has 0 spiro atoms. The van der Waals surface area contributed by atoms with Crippen LogP contribution in [-0.4, -0.2) is 85.9 Å². The van der Waals surface area contributed by atoms with Crippen molar-refractivity contribution in [2.24, 2.45) is 11.3 Å². The highest BCUT2D eigenvalue weighted by Crippen LogP contribution is 2.39. The zero-order valence-electron chi connectivity index (χ0n) is 21.2. The number of fused-ring (bicyclic) bond motifs is 1. The minimum Gasteiger partial charge on any atom is -0.342 e. The Kier molecular flexibility index (Phi) is 7.93. The average Bonchev–Trinajstić information content (AvgIpc) is 3.36. The Morgan fingerprint density at radius 2 is 1.74 bits per heavy atom. The van der Waals surface area contributed by atoms with E-state index in [9.17, 15) is 22.8 Å². The molecule has 0 radical (unpaired) electrons. The molecule has 2 saturated heterocycles. The van der Waals surface area contributed by atoms with Crippen LogP contribution in [-0.2, 0) is 24.4 Å². The fraction of sp³-hybridized carbons (Fsp3) is 0.625. The second kappa shape index (κ2) is 10.2. The number of benzene rings is 1. The SMILES string of the molecule is CN[C@H](C)C(=O)N[C@H](C(=O)N1CC[C@@H]2[C@H]1[C@@H](C(=O)Nc1ccccc1)CN2S(C)(=O)=O)C(C)(C)C. The fourth-order valence-corrected chi connectivity index (χ4v) is 6.04. The predicted molar refractivity (Wildman–Crippen MR) is 134 cm³/mol. The van der Waals surface area contributed by atoms with Gasteiger partial charge in [0.15, 0.2) is 0 Å². The zero-order chi connectivity index (χ0) is 26.1. The van der Waals surface area contributed by atoms with Crippen LogP contribution < -0.4 is 16.0 Å². The van der Waals surface area contributed by atoms with Crippen molar-refractivity contribution < 1.29 is 22.8 Å². The predicted octanol–water partition coefficient (Wildman–Crippen LogP) is 0.625. The maximum atomic E-state index is 13.9. The number of likely N-dealkylation sites (tertiary alicyclic amines) is 1. The van der Waals surface area contributed by atoms with E-state index in [0.29, 0.717) is 18.7 Å². The second-order valence-corrected chi connectivity index (χ2v) is 12.4. The lowest BCUT2D eigenvalue weighted by molar-refractivity contribution is -0.141. The molecule has 10 nitrogen and oxygen atoms in total. The standard InChI is InChI=1S/C24H37N5O5S/c1-15(25-5)21(30)27-20(24(2,3)4)23(32)28-13-12-18-19(28)17(14-29(18)35(6,33)34)22(31)26-16-10-8-7-9-11-16/h7-11,15,17-20,25H,12-14H2,1-6H3,(H,26,31)(H,27,30)/t15-,17+,18-,19-,20-/m1/s1. The van der Waals surface area contributed by atoms with Gasteiger partial charge in [-0.05, 0) is 37.9 Å². The highest BCUT2D eigenvalue weighted by Gasteiger charge is 2.56. The Hall–Kier alpha value is -2.50. The number of carbonyl (C=O) groups excluding carboxylic acids is 3. The van der Waals surface area contributed by atoms with Crippen LogP contribution in [0.4, 0.5) is 5.69 Å². The van der Waals surface area contributed by atoms with Crippen molar-refractivity contribution in [1.82, 2.24) is 19.8 Å². The maximum Gasteiger partial charge on any atom is 0.246 e. The first-order chi connectivity index (χ1) is 16.3. The summed E-state index contributed by atoms with van der Waals surface area (Å²) in [6, 6.07) is 6.49. The van der Waals surface area contributed by atoms with Gasteiger partial charge >= 0.3 is 0 Å². The quantitative estimate of drug-likeness (QED) is 0.497. The van der Waals surface area contributed by atoms with Gasteiger partial charge in [-0.25, -0.2) is 8.42 Å². The van der Waals surface area contributed by atoms with Gasteiger partial charge < -0.3 is 20.9 Å². The van der Waals surface area contributed by atoms with E-state index in [0.717, 1.165) is 6.26 Å². The largest absolute Gasteiger partial charge is 0.342 e. The molecule has 1 aromatic rings. The molecule has 0 bridgehead atoms. The molecule has 1 aromatic carbocycles. The first-order valence-corrected chi connectivity index (χ1v) is 13.7. The summed E-state index contributed by atoms with van der Waals surface area (Å²) in [5.74, 6) is -1.69. The highest BCUT2D eigenvalue weighted by molar-refractivity contribution is 7.88. The van der Waals surface area contributed by atoms with Crippen LogP contribution in [0.5, 0.6) is 0 Å². The molecule has 2 aliphatic heterocycles. The van der Waals surface area contributed by atoms with E-state index in [-0.39, 0.29) is 24.3 Å². The van der Waals surface area contributed by atoms with E-state index in [1.807, 2.05) is 26.8 Å². The molecule has 2 fully saturated rings. The summed E-state index contributed by atoms with van der Waals surface area (Å²) in [7, 11) is -1.93. The van der Waals surface area contributed by atoms with Crippen LogP contribution in [0.25, 0.3) is 0 Å². The molecule has 5 atom stereocenters.